The van der Waals surface area contributed by atoms with Gasteiger partial charge >= 0.3 is 6.18 Å². The van der Waals surface area contributed by atoms with Gasteiger partial charge < -0.3 is 9.47 Å². The second kappa shape index (κ2) is 5.93. The molecule has 1 aromatic carbocycles. The monoisotopic (exact) mass is 341 g/mol. The van der Waals surface area contributed by atoms with Crippen LogP contribution in [0.3, 0.4) is 0 Å². The summed E-state index contributed by atoms with van der Waals surface area (Å²) >= 11 is 12.2. The summed E-state index contributed by atoms with van der Waals surface area (Å²) in [5.74, 6) is 0.155. The molecule has 0 saturated heterocycles. The number of fused-ring (bicyclic) bond motifs is 1. The van der Waals surface area contributed by atoms with Gasteiger partial charge in [-0.2, -0.15) is 13.2 Å². The molecule has 116 valence electrons. The highest BCUT2D eigenvalue weighted by atomic mass is 35.5. The van der Waals surface area contributed by atoms with Crippen LogP contribution >= 0.6 is 23.2 Å². The maximum atomic E-state index is 12.3. The fourth-order valence-corrected chi connectivity index (χ4v) is 2.54. The van der Waals surface area contributed by atoms with Crippen molar-refractivity contribution in [1.82, 2.24) is 0 Å². The van der Waals surface area contributed by atoms with E-state index in [0.29, 0.717) is 16.8 Å². The standard InChI is InChI=1S/C13H12Cl2F3NO2/c1-6-7-3-10(21-5-13(16,17)18)9(20-2)4-8(7)11(14)12(15)19-6/h3-4,11-12H,5H2,1-2H3. The van der Waals surface area contributed by atoms with E-state index >= 15 is 0 Å². The van der Waals surface area contributed by atoms with Crippen LogP contribution in [0.2, 0.25) is 0 Å². The van der Waals surface area contributed by atoms with Gasteiger partial charge in [-0.05, 0) is 24.6 Å². The number of methoxy groups -OCH3 is 1. The molecule has 2 unspecified atom stereocenters. The fourth-order valence-electron chi connectivity index (χ4n) is 2.02. The zero-order valence-corrected chi connectivity index (χ0v) is 12.7. The molecule has 21 heavy (non-hydrogen) atoms. The first-order valence-corrected chi connectivity index (χ1v) is 6.84. The summed E-state index contributed by atoms with van der Waals surface area (Å²) in [7, 11) is 1.34. The van der Waals surface area contributed by atoms with Crippen LogP contribution in [0.1, 0.15) is 23.4 Å². The first-order chi connectivity index (χ1) is 9.73. The number of rotatable bonds is 3. The van der Waals surface area contributed by atoms with Gasteiger partial charge in [-0.25, -0.2) is 0 Å². The van der Waals surface area contributed by atoms with Gasteiger partial charge in [-0.3, -0.25) is 4.99 Å². The maximum Gasteiger partial charge on any atom is 0.422 e. The van der Waals surface area contributed by atoms with Crippen molar-refractivity contribution in [2.75, 3.05) is 13.7 Å². The van der Waals surface area contributed by atoms with Crippen molar-refractivity contribution >= 4 is 28.9 Å². The Kier molecular flexibility index (Phi) is 4.58. The summed E-state index contributed by atoms with van der Waals surface area (Å²) in [6, 6.07) is 2.98. The number of alkyl halides is 5. The fraction of sp³-hybridized carbons (Fsp3) is 0.462. The van der Waals surface area contributed by atoms with Gasteiger partial charge in [0.2, 0.25) is 0 Å². The van der Waals surface area contributed by atoms with Gasteiger partial charge in [0.25, 0.3) is 0 Å². The lowest BCUT2D eigenvalue weighted by molar-refractivity contribution is -0.153. The van der Waals surface area contributed by atoms with Gasteiger partial charge in [0.05, 0.1) is 12.5 Å². The Morgan fingerprint density at radius 3 is 2.48 bits per heavy atom. The molecule has 0 aliphatic carbocycles. The minimum Gasteiger partial charge on any atom is -0.493 e. The predicted molar refractivity (Wildman–Crippen MR) is 75.0 cm³/mol. The summed E-state index contributed by atoms with van der Waals surface area (Å²) < 4.78 is 46.7. The molecule has 0 saturated carbocycles. The summed E-state index contributed by atoms with van der Waals surface area (Å²) in [6.07, 6.45) is -4.43. The van der Waals surface area contributed by atoms with Gasteiger partial charge in [0.1, 0.15) is 5.50 Å². The number of aliphatic imine (C=N–C) groups is 1. The second-order valence-corrected chi connectivity index (χ2v) is 5.40. The molecule has 0 fully saturated rings. The number of benzene rings is 1. The predicted octanol–water partition coefficient (Wildman–Crippen LogP) is 4.30. The van der Waals surface area contributed by atoms with E-state index in [1.54, 1.807) is 6.92 Å². The Hall–Kier alpha value is -1.14. The lowest BCUT2D eigenvalue weighted by atomic mass is 9.97. The van der Waals surface area contributed by atoms with Crippen LogP contribution in [0.25, 0.3) is 0 Å². The average molecular weight is 342 g/mol. The minimum absolute atomic E-state index is 0.0139. The van der Waals surface area contributed by atoms with Crippen LogP contribution in [-0.4, -0.2) is 31.1 Å². The molecule has 1 aliphatic heterocycles. The van der Waals surface area contributed by atoms with Gasteiger partial charge in [-0.15, -0.1) is 11.6 Å². The molecular formula is C13H12Cl2F3NO2. The molecule has 1 aromatic rings. The van der Waals surface area contributed by atoms with Crippen molar-refractivity contribution in [3.8, 4) is 11.5 Å². The van der Waals surface area contributed by atoms with Crippen LogP contribution in [0, 0.1) is 0 Å². The Balaban J connectivity index is 2.42. The van der Waals surface area contributed by atoms with Crippen LogP contribution < -0.4 is 9.47 Å². The van der Waals surface area contributed by atoms with E-state index in [4.69, 9.17) is 32.7 Å². The smallest absolute Gasteiger partial charge is 0.422 e. The van der Waals surface area contributed by atoms with E-state index < -0.39 is 23.7 Å². The highest BCUT2D eigenvalue weighted by Crippen LogP contribution is 2.41. The molecule has 2 rings (SSSR count). The topological polar surface area (TPSA) is 30.8 Å². The van der Waals surface area contributed by atoms with Crippen molar-refractivity contribution in [2.45, 2.75) is 24.0 Å². The van der Waals surface area contributed by atoms with Crippen molar-refractivity contribution in [3.05, 3.63) is 23.3 Å². The lowest BCUT2D eigenvalue weighted by Gasteiger charge is -2.25. The summed E-state index contributed by atoms with van der Waals surface area (Å²) in [5, 5.41) is -0.587. The largest absolute Gasteiger partial charge is 0.493 e. The molecular weight excluding hydrogens is 330 g/mol. The Labute approximate surface area is 129 Å². The van der Waals surface area contributed by atoms with Gasteiger partial charge in [0, 0.05) is 11.3 Å². The molecule has 0 bridgehead atoms. The lowest BCUT2D eigenvalue weighted by Crippen LogP contribution is -2.21. The van der Waals surface area contributed by atoms with Gasteiger partial charge in [0.15, 0.2) is 18.1 Å². The van der Waals surface area contributed by atoms with Crippen molar-refractivity contribution in [1.29, 1.82) is 0 Å². The number of halogens is 5. The van der Waals surface area contributed by atoms with E-state index in [9.17, 15) is 13.2 Å². The zero-order valence-electron chi connectivity index (χ0n) is 11.2. The molecule has 0 amide bonds. The van der Waals surface area contributed by atoms with E-state index in [1.165, 1.54) is 19.2 Å². The molecule has 0 spiro atoms. The Bertz CT molecular complexity index is 575. The Morgan fingerprint density at radius 1 is 1.24 bits per heavy atom. The molecule has 3 nitrogen and oxygen atoms in total. The molecule has 0 N–H and O–H groups in total. The van der Waals surface area contributed by atoms with Crippen LogP contribution in [0.5, 0.6) is 11.5 Å². The SMILES string of the molecule is COc1cc2c(cc1OCC(F)(F)F)C(C)=NC(Cl)C2Cl. The third-order valence-electron chi connectivity index (χ3n) is 2.97. The molecule has 1 aliphatic rings. The molecule has 0 radical (unpaired) electrons. The van der Waals surface area contributed by atoms with Crippen molar-refractivity contribution in [2.24, 2.45) is 4.99 Å². The maximum absolute atomic E-state index is 12.3. The minimum atomic E-state index is -4.43. The third-order valence-corrected chi connectivity index (χ3v) is 3.92. The van der Waals surface area contributed by atoms with Crippen LogP contribution in [0.4, 0.5) is 13.2 Å². The van der Waals surface area contributed by atoms with E-state index in [1.807, 2.05) is 0 Å². The number of nitrogens with zero attached hydrogens (tertiary/aromatic N) is 1. The summed E-state index contributed by atoms with van der Waals surface area (Å²) in [5.41, 5.74) is 1.21. The Morgan fingerprint density at radius 2 is 1.90 bits per heavy atom. The van der Waals surface area contributed by atoms with E-state index in [0.717, 1.165) is 0 Å². The van der Waals surface area contributed by atoms with Crippen LogP contribution in [0.15, 0.2) is 17.1 Å². The van der Waals surface area contributed by atoms with Crippen molar-refractivity contribution in [3.63, 3.8) is 0 Å². The molecule has 0 aromatic heterocycles. The average Bonchev–Trinajstić information content (AvgIpc) is 2.41. The number of hydrogen-bond acceptors (Lipinski definition) is 3. The highest BCUT2D eigenvalue weighted by Gasteiger charge is 2.31. The number of hydrogen-bond donors (Lipinski definition) is 0. The van der Waals surface area contributed by atoms with Gasteiger partial charge in [-0.1, -0.05) is 11.6 Å². The molecule has 2 atom stereocenters. The normalized spacial score (nSPS) is 21.6. The zero-order chi connectivity index (χ0) is 15.8. The summed E-state index contributed by atoms with van der Waals surface area (Å²) in [4.78, 5) is 4.14. The van der Waals surface area contributed by atoms with E-state index in [-0.39, 0.29) is 11.5 Å². The highest BCUT2D eigenvalue weighted by molar-refractivity contribution is 6.31. The second-order valence-electron chi connectivity index (χ2n) is 4.48. The van der Waals surface area contributed by atoms with Crippen LogP contribution in [-0.2, 0) is 0 Å². The number of ether oxygens (including phenoxy) is 2. The van der Waals surface area contributed by atoms with Crippen molar-refractivity contribution < 1.29 is 22.6 Å². The first-order valence-electron chi connectivity index (χ1n) is 5.97. The quantitative estimate of drug-likeness (QED) is 0.606. The third kappa shape index (κ3) is 3.55. The molecule has 1 heterocycles. The molecule has 8 heteroatoms. The summed E-state index contributed by atoms with van der Waals surface area (Å²) in [6.45, 7) is 0.303. The van der Waals surface area contributed by atoms with E-state index in [2.05, 4.69) is 4.99 Å². The first kappa shape index (κ1) is 16.2.